The molecule has 0 aliphatic heterocycles. The Labute approximate surface area is 106 Å². The summed E-state index contributed by atoms with van der Waals surface area (Å²) in [6, 6.07) is 0. The van der Waals surface area contributed by atoms with Crippen LogP contribution in [-0.4, -0.2) is 45.7 Å². The Morgan fingerprint density at radius 3 is 2.29 bits per heavy atom. The molecular weight excluding hydrogens is 236 g/mol. The summed E-state index contributed by atoms with van der Waals surface area (Å²) in [5.74, 6) is 1.82. The highest BCUT2D eigenvalue weighted by Crippen LogP contribution is 2.27. The van der Waals surface area contributed by atoms with Crippen LogP contribution in [0.3, 0.4) is 0 Å². The predicted octanol–water partition coefficient (Wildman–Crippen LogP) is 1.29. The summed E-state index contributed by atoms with van der Waals surface area (Å²) in [6.45, 7) is 3.84. The zero-order valence-electron chi connectivity index (χ0n) is 11.3. The summed E-state index contributed by atoms with van der Waals surface area (Å²) in [6.07, 6.45) is 5.22. The summed E-state index contributed by atoms with van der Waals surface area (Å²) in [5.41, 5.74) is 0. The standard InChI is InChI=1S/C12H26N2O2S/c1-11-4-6-12(7-5-11)10-13-8-9-17(15,16)14(2)3/h11-13H,4-10H2,1-3H3. The van der Waals surface area contributed by atoms with Gasteiger partial charge in [-0.15, -0.1) is 0 Å². The summed E-state index contributed by atoms with van der Waals surface area (Å²) in [7, 11) is 0.123. The monoisotopic (exact) mass is 262 g/mol. The van der Waals surface area contributed by atoms with Gasteiger partial charge in [0.05, 0.1) is 5.75 Å². The molecule has 1 N–H and O–H groups in total. The van der Waals surface area contributed by atoms with E-state index in [2.05, 4.69) is 12.2 Å². The van der Waals surface area contributed by atoms with Crippen LogP contribution < -0.4 is 5.32 Å². The first kappa shape index (κ1) is 14.9. The highest BCUT2D eigenvalue weighted by atomic mass is 32.2. The molecule has 0 aromatic heterocycles. The lowest BCUT2D eigenvalue weighted by atomic mass is 9.83. The lowest BCUT2D eigenvalue weighted by Crippen LogP contribution is -2.33. The molecule has 1 fully saturated rings. The third-order valence-corrected chi connectivity index (χ3v) is 5.49. The lowest BCUT2D eigenvalue weighted by Gasteiger charge is -2.26. The van der Waals surface area contributed by atoms with Crippen molar-refractivity contribution in [2.75, 3.05) is 32.9 Å². The number of hydrogen-bond donors (Lipinski definition) is 1. The van der Waals surface area contributed by atoms with Gasteiger partial charge in [0.1, 0.15) is 0 Å². The van der Waals surface area contributed by atoms with Gasteiger partial charge in [0, 0.05) is 20.6 Å². The molecule has 5 heteroatoms. The van der Waals surface area contributed by atoms with Gasteiger partial charge in [-0.25, -0.2) is 12.7 Å². The second-order valence-corrected chi connectivity index (χ2v) is 7.73. The van der Waals surface area contributed by atoms with Crippen LogP contribution >= 0.6 is 0 Å². The fraction of sp³-hybridized carbons (Fsp3) is 1.00. The molecule has 1 aliphatic rings. The Kier molecular flexibility index (Phi) is 5.89. The van der Waals surface area contributed by atoms with Crippen LogP contribution in [0.1, 0.15) is 32.6 Å². The minimum atomic E-state index is -3.04. The third kappa shape index (κ3) is 5.36. The van der Waals surface area contributed by atoms with Crippen LogP contribution in [0, 0.1) is 11.8 Å². The largest absolute Gasteiger partial charge is 0.315 e. The summed E-state index contributed by atoms with van der Waals surface area (Å²) in [4.78, 5) is 0. The predicted molar refractivity (Wildman–Crippen MR) is 71.5 cm³/mol. The van der Waals surface area contributed by atoms with Gasteiger partial charge in [-0.2, -0.15) is 0 Å². The topological polar surface area (TPSA) is 49.4 Å². The molecule has 0 spiro atoms. The minimum absolute atomic E-state index is 0.198. The molecule has 0 aromatic rings. The van der Waals surface area contributed by atoms with E-state index in [4.69, 9.17) is 0 Å². The SMILES string of the molecule is CC1CCC(CNCCS(=O)(=O)N(C)C)CC1. The zero-order valence-corrected chi connectivity index (χ0v) is 12.1. The molecule has 1 aliphatic carbocycles. The van der Waals surface area contributed by atoms with Crippen molar-refractivity contribution < 1.29 is 8.42 Å². The van der Waals surface area contributed by atoms with Crippen molar-refractivity contribution in [3.63, 3.8) is 0 Å². The van der Waals surface area contributed by atoms with Crippen LogP contribution in [0.4, 0.5) is 0 Å². The number of hydrogen-bond acceptors (Lipinski definition) is 3. The Bertz CT molecular complexity index is 306. The van der Waals surface area contributed by atoms with E-state index in [9.17, 15) is 8.42 Å². The molecule has 0 saturated heterocycles. The first-order chi connectivity index (χ1) is 7.92. The molecule has 1 rings (SSSR count). The van der Waals surface area contributed by atoms with Crippen molar-refractivity contribution in [1.29, 1.82) is 0 Å². The summed E-state index contributed by atoms with van der Waals surface area (Å²) in [5, 5.41) is 3.28. The maximum absolute atomic E-state index is 11.5. The molecule has 0 bridgehead atoms. The van der Waals surface area contributed by atoms with Crippen molar-refractivity contribution in [3.8, 4) is 0 Å². The molecule has 0 aromatic carbocycles. The molecule has 0 unspecified atom stereocenters. The molecule has 4 nitrogen and oxygen atoms in total. The van der Waals surface area contributed by atoms with Gasteiger partial charge in [-0.05, 0) is 31.2 Å². The number of rotatable bonds is 6. The van der Waals surface area contributed by atoms with Crippen LogP contribution in [0.15, 0.2) is 0 Å². The normalized spacial score (nSPS) is 26.4. The molecule has 0 atom stereocenters. The number of nitrogens with zero attached hydrogens (tertiary/aromatic N) is 1. The average Bonchev–Trinajstić information content (AvgIpc) is 2.26. The van der Waals surface area contributed by atoms with Gasteiger partial charge in [0.25, 0.3) is 0 Å². The quantitative estimate of drug-likeness (QED) is 0.734. The third-order valence-electron chi connectivity index (χ3n) is 3.66. The van der Waals surface area contributed by atoms with Crippen molar-refractivity contribution in [2.24, 2.45) is 11.8 Å². The Morgan fingerprint density at radius 1 is 1.18 bits per heavy atom. The van der Waals surface area contributed by atoms with Gasteiger partial charge < -0.3 is 5.32 Å². The highest BCUT2D eigenvalue weighted by molar-refractivity contribution is 7.89. The maximum Gasteiger partial charge on any atom is 0.214 e. The van der Waals surface area contributed by atoms with E-state index in [1.165, 1.54) is 30.0 Å². The fourth-order valence-electron chi connectivity index (χ4n) is 2.22. The fourth-order valence-corrected chi connectivity index (χ4v) is 2.99. The Morgan fingerprint density at radius 2 is 1.76 bits per heavy atom. The van der Waals surface area contributed by atoms with E-state index < -0.39 is 10.0 Å². The van der Waals surface area contributed by atoms with E-state index in [1.54, 1.807) is 14.1 Å². The summed E-state index contributed by atoms with van der Waals surface area (Å²) < 4.78 is 24.3. The van der Waals surface area contributed by atoms with Gasteiger partial charge in [0.2, 0.25) is 10.0 Å². The van der Waals surface area contributed by atoms with Gasteiger partial charge in [0.15, 0.2) is 0 Å². The molecule has 17 heavy (non-hydrogen) atoms. The molecule has 1 saturated carbocycles. The second kappa shape index (κ2) is 6.71. The van der Waals surface area contributed by atoms with Gasteiger partial charge in [-0.3, -0.25) is 0 Å². The first-order valence-corrected chi connectivity index (χ1v) is 8.13. The lowest BCUT2D eigenvalue weighted by molar-refractivity contribution is 0.283. The molecule has 0 radical (unpaired) electrons. The van der Waals surface area contributed by atoms with Crippen molar-refractivity contribution in [1.82, 2.24) is 9.62 Å². The molecule has 0 heterocycles. The maximum atomic E-state index is 11.5. The number of sulfonamides is 1. The van der Waals surface area contributed by atoms with Crippen LogP contribution in [0.25, 0.3) is 0 Å². The first-order valence-electron chi connectivity index (χ1n) is 6.52. The van der Waals surface area contributed by atoms with Crippen molar-refractivity contribution in [2.45, 2.75) is 32.6 Å². The van der Waals surface area contributed by atoms with Gasteiger partial charge in [-0.1, -0.05) is 19.8 Å². The van der Waals surface area contributed by atoms with E-state index >= 15 is 0 Å². The van der Waals surface area contributed by atoms with E-state index in [-0.39, 0.29) is 5.75 Å². The highest BCUT2D eigenvalue weighted by Gasteiger charge is 2.18. The molecule has 0 amide bonds. The van der Waals surface area contributed by atoms with Crippen LogP contribution in [-0.2, 0) is 10.0 Å². The summed E-state index contributed by atoms with van der Waals surface area (Å²) >= 11 is 0. The average molecular weight is 262 g/mol. The van der Waals surface area contributed by atoms with E-state index in [0.717, 1.165) is 18.4 Å². The van der Waals surface area contributed by atoms with Crippen LogP contribution in [0.5, 0.6) is 0 Å². The van der Waals surface area contributed by atoms with Crippen LogP contribution in [0.2, 0.25) is 0 Å². The zero-order chi connectivity index (χ0) is 12.9. The Balaban J connectivity index is 2.12. The van der Waals surface area contributed by atoms with Crippen molar-refractivity contribution in [3.05, 3.63) is 0 Å². The second-order valence-electron chi connectivity index (χ2n) is 5.43. The molecular formula is C12H26N2O2S. The number of nitrogens with one attached hydrogen (secondary N) is 1. The Hall–Kier alpha value is -0.130. The van der Waals surface area contributed by atoms with Gasteiger partial charge >= 0.3 is 0 Å². The van der Waals surface area contributed by atoms with E-state index in [1.807, 2.05) is 0 Å². The smallest absolute Gasteiger partial charge is 0.214 e. The van der Waals surface area contributed by atoms with Crippen molar-refractivity contribution >= 4 is 10.0 Å². The van der Waals surface area contributed by atoms with E-state index in [0.29, 0.717) is 6.54 Å². The minimum Gasteiger partial charge on any atom is -0.315 e. The molecule has 102 valence electrons.